The van der Waals surface area contributed by atoms with Crippen LogP contribution in [0, 0.1) is 0 Å². The summed E-state index contributed by atoms with van der Waals surface area (Å²) < 4.78 is 15.4. The van der Waals surface area contributed by atoms with Crippen molar-refractivity contribution >= 4 is 46.1 Å². The van der Waals surface area contributed by atoms with Crippen LogP contribution in [0.25, 0.3) is 11.3 Å². The summed E-state index contributed by atoms with van der Waals surface area (Å²) in [4.78, 5) is 44.7. The maximum Gasteiger partial charge on any atom is 0.337 e. The lowest BCUT2D eigenvalue weighted by Crippen LogP contribution is -2.50. The van der Waals surface area contributed by atoms with Gasteiger partial charge < -0.3 is 29.7 Å². The predicted molar refractivity (Wildman–Crippen MR) is 179 cm³/mol. The molecule has 0 saturated carbocycles. The first-order valence-electron chi connectivity index (χ1n) is 15.4. The first-order valence-corrected chi connectivity index (χ1v) is 15.4. The van der Waals surface area contributed by atoms with E-state index in [1.54, 1.807) is 37.3 Å². The molecule has 0 aliphatic carbocycles. The van der Waals surface area contributed by atoms with Crippen LogP contribution >= 0.6 is 0 Å². The van der Waals surface area contributed by atoms with E-state index in [-0.39, 0.29) is 11.8 Å². The Bertz CT molecular complexity index is 1550. The smallest absolute Gasteiger partial charge is 0.337 e. The Morgan fingerprint density at radius 3 is 2.28 bits per heavy atom. The summed E-state index contributed by atoms with van der Waals surface area (Å²) >= 11 is 0. The van der Waals surface area contributed by atoms with Gasteiger partial charge in [-0.25, -0.2) is 4.79 Å². The van der Waals surface area contributed by atoms with Gasteiger partial charge in [0.15, 0.2) is 0 Å². The number of fused-ring (bicyclic) bond motifs is 1. The molecule has 3 aromatic carbocycles. The standard InChI is InChI=1S/C35H41N5O6/c1-38(31(41)24-40-17-15-39(16-18-40)19-20-46-22-21-44-2)28-12-10-27(11-13-28)36-33(25-7-5-4-6-8-25)32-29-14-9-26(35(43)45-3)23-30(29)37-34(32)42/h4-14,23,36H,15-22,24H2,1-3H3,(H,37,42)/b33-32-. The summed E-state index contributed by atoms with van der Waals surface area (Å²) in [5.41, 5.74) is 5.03. The minimum absolute atomic E-state index is 0.0229. The number of hydrogen-bond donors (Lipinski definition) is 2. The summed E-state index contributed by atoms with van der Waals surface area (Å²) in [7, 11) is 4.78. The highest BCUT2D eigenvalue weighted by Crippen LogP contribution is 2.38. The van der Waals surface area contributed by atoms with Crippen LogP contribution in [-0.4, -0.2) is 108 Å². The maximum absolute atomic E-state index is 13.3. The maximum atomic E-state index is 13.3. The van der Waals surface area contributed by atoms with E-state index in [0.29, 0.717) is 54.4 Å². The third-order valence-electron chi connectivity index (χ3n) is 8.20. The highest BCUT2D eigenvalue weighted by atomic mass is 16.5. The number of nitrogens with one attached hydrogen (secondary N) is 2. The van der Waals surface area contributed by atoms with Crippen molar-refractivity contribution < 1.29 is 28.6 Å². The zero-order valence-electron chi connectivity index (χ0n) is 26.6. The number of anilines is 3. The number of amides is 2. The molecule has 2 heterocycles. The first kappa shape index (κ1) is 32.8. The molecule has 0 unspecified atom stereocenters. The molecule has 0 bridgehead atoms. The molecule has 0 radical (unpaired) electrons. The molecule has 2 amide bonds. The zero-order valence-corrected chi connectivity index (χ0v) is 26.6. The molecule has 2 N–H and O–H groups in total. The number of nitrogens with zero attached hydrogens (tertiary/aromatic N) is 3. The summed E-state index contributed by atoms with van der Waals surface area (Å²) in [6.45, 7) is 6.58. The van der Waals surface area contributed by atoms with Crippen molar-refractivity contribution in [3.8, 4) is 0 Å². The Balaban J connectivity index is 1.24. The van der Waals surface area contributed by atoms with Crippen molar-refractivity contribution in [3.63, 3.8) is 0 Å². The third kappa shape index (κ3) is 7.99. The highest BCUT2D eigenvalue weighted by Gasteiger charge is 2.29. The average Bonchev–Trinajstić information content (AvgIpc) is 3.42. The molecular weight excluding hydrogens is 586 g/mol. The molecule has 2 aliphatic rings. The SMILES string of the molecule is COCCOCCN1CCN(CC(=O)N(C)c2ccc(N/C(=C3\C(=O)Nc4cc(C(=O)OC)ccc43)c3ccccc3)cc2)CC1. The number of carbonyl (C=O) groups is 3. The van der Waals surface area contributed by atoms with Gasteiger partial charge in [0, 0.05) is 63.8 Å². The van der Waals surface area contributed by atoms with Gasteiger partial charge in [-0.1, -0.05) is 36.4 Å². The number of esters is 1. The van der Waals surface area contributed by atoms with Crippen LogP contribution in [0.4, 0.5) is 17.1 Å². The lowest BCUT2D eigenvalue weighted by Gasteiger charge is -2.34. The first-order chi connectivity index (χ1) is 22.4. The molecule has 0 spiro atoms. The molecule has 3 aromatic rings. The Labute approximate surface area is 269 Å². The average molecular weight is 628 g/mol. The van der Waals surface area contributed by atoms with Crippen molar-refractivity contribution in [3.05, 3.63) is 89.5 Å². The van der Waals surface area contributed by atoms with Crippen LogP contribution < -0.4 is 15.5 Å². The Kier molecular flexibility index (Phi) is 11.2. The van der Waals surface area contributed by atoms with E-state index < -0.39 is 5.97 Å². The van der Waals surface area contributed by atoms with Gasteiger partial charge in [0.05, 0.1) is 56.0 Å². The molecule has 46 heavy (non-hydrogen) atoms. The molecular formula is C35H41N5O6. The van der Waals surface area contributed by atoms with E-state index >= 15 is 0 Å². The fourth-order valence-electron chi connectivity index (χ4n) is 5.51. The fraction of sp³-hybridized carbons (Fsp3) is 0.343. The van der Waals surface area contributed by atoms with Gasteiger partial charge in [0.2, 0.25) is 5.91 Å². The third-order valence-corrected chi connectivity index (χ3v) is 8.20. The van der Waals surface area contributed by atoms with E-state index in [0.717, 1.165) is 49.7 Å². The van der Waals surface area contributed by atoms with Crippen LogP contribution in [0.3, 0.4) is 0 Å². The molecule has 1 fully saturated rings. The molecule has 242 valence electrons. The monoisotopic (exact) mass is 627 g/mol. The molecule has 0 aromatic heterocycles. The van der Waals surface area contributed by atoms with Crippen molar-refractivity contribution in [2.45, 2.75) is 0 Å². The van der Waals surface area contributed by atoms with E-state index in [4.69, 9.17) is 14.2 Å². The van der Waals surface area contributed by atoms with Crippen molar-refractivity contribution in [2.75, 3.05) is 95.9 Å². The number of benzene rings is 3. The van der Waals surface area contributed by atoms with Gasteiger partial charge >= 0.3 is 5.97 Å². The summed E-state index contributed by atoms with van der Waals surface area (Å²) in [5, 5.41) is 6.33. The number of methoxy groups -OCH3 is 2. The van der Waals surface area contributed by atoms with Gasteiger partial charge in [0.25, 0.3) is 5.91 Å². The topological polar surface area (TPSA) is 113 Å². The summed E-state index contributed by atoms with van der Waals surface area (Å²) in [5.74, 6) is -0.728. The fourth-order valence-corrected chi connectivity index (χ4v) is 5.51. The van der Waals surface area contributed by atoms with Crippen molar-refractivity contribution in [2.24, 2.45) is 0 Å². The largest absolute Gasteiger partial charge is 0.465 e. The molecule has 5 rings (SSSR count). The Morgan fingerprint density at radius 1 is 0.870 bits per heavy atom. The molecule has 11 nitrogen and oxygen atoms in total. The van der Waals surface area contributed by atoms with Gasteiger partial charge in [0.1, 0.15) is 0 Å². The highest BCUT2D eigenvalue weighted by molar-refractivity contribution is 6.37. The van der Waals surface area contributed by atoms with E-state index in [1.807, 2.05) is 54.6 Å². The zero-order chi connectivity index (χ0) is 32.5. The van der Waals surface area contributed by atoms with Gasteiger partial charge in [-0.05, 0) is 42.0 Å². The number of piperazine rings is 1. The summed E-state index contributed by atoms with van der Waals surface area (Å²) in [6, 6.07) is 22.2. The molecule has 0 atom stereocenters. The number of ether oxygens (including phenoxy) is 3. The second-order valence-corrected chi connectivity index (χ2v) is 11.2. The quantitative estimate of drug-likeness (QED) is 0.167. The number of hydrogen-bond acceptors (Lipinski definition) is 9. The van der Waals surface area contributed by atoms with Gasteiger partial charge in [-0.2, -0.15) is 0 Å². The van der Waals surface area contributed by atoms with Crippen molar-refractivity contribution in [1.82, 2.24) is 9.80 Å². The Hall–Kier alpha value is -4.55. The molecule has 2 aliphatic heterocycles. The summed E-state index contributed by atoms with van der Waals surface area (Å²) in [6.07, 6.45) is 0. The van der Waals surface area contributed by atoms with Gasteiger partial charge in [-0.15, -0.1) is 0 Å². The van der Waals surface area contributed by atoms with Crippen LogP contribution in [0.2, 0.25) is 0 Å². The second kappa shape index (κ2) is 15.6. The predicted octanol–water partition coefficient (Wildman–Crippen LogP) is 3.65. The normalized spacial score (nSPS) is 16.0. The minimum Gasteiger partial charge on any atom is -0.465 e. The number of likely N-dealkylation sites (N-methyl/N-ethyl adjacent to an activating group) is 1. The molecule has 1 saturated heterocycles. The lowest BCUT2D eigenvalue weighted by atomic mass is 9.99. The Morgan fingerprint density at radius 2 is 1.59 bits per heavy atom. The van der Waals surface area contributed by atoms with E-state index in [2.05, 4.69) is 20.4 Å². The van der Waals surface area contributed by atoms with Crippen LogP contribution in [0.5, 0.6) is 0 Å². The van der Waals surface area contributed by atoms with Crippen molar-refractivity contribution in [1.29, 1.82) is 0 Å². The number of rotatable bonds is 13. The lowest BCUT2D eigenvalue weighted by molar-refractivity contribution is -0.120. The van der Waals surface area contributed by atoms with Gasteiger partial charge in [-0.3, -0.25) is 19.4 Å². The van der Waals surface area contributed by atoms with E-state index in [9.17, 15) is 14.4 Å². The van der Waals surface area contributed by atoms with E-state index in [1.165, 1.54) is 7.11 Å². The van der Waals surface area contributed by atoms with Crippen LogP contribution in [0.1, 0.15) is 21.5 Å². The van der Waals surface area contributed by atoms with Crippen LogP contribution in [-0.2, 0) is 23.8 Å². The molecule has 11 heteroatoms. The minimum atomic E-state index is -0.474. The number of carbonyl (C=O) groups excluding carboxylic acids is 3. The van der Waals surface area contributed by atoms with Crippen LogP contribution in [0.15, 0.2) is 72.8 Å². The second-order valence-electron chi connectivity index (χ2n) is 11.2.